The summed E-state index contributed by atoms with van der Waals surface area (Å²) in [5, 5.41) is 5.05. The molecule has 0 spiro atoms. The van der Waals surface area contributed by atoms with Crippen LogP contribution in [0.3, 0.4) is 0 Å². The van der Waals surface area contributed by atoms with E-state index in [4.69, 9.17) is 16.3 Å². The average Bonchev–Trinajstić information content (AvgIpc) is 2.76. The first-order chi connectivity index (χ1) is 14.1. The van der Waals surface area contributed by atoms with Crippen molar-refractivity contribution in [3.05, 3.63) is 76.3 Å². The Balaban J connectivity index is 1.92. The van der Waals surface area contributed by atoms with Gasteiger partial charge in [0.15, 0.2) is 5.16 Å². The smallest absolute Gasteiger partial charge is 0.344 e. The number of aromatic nitrogens is 2. The Morgan fingerprint density at radius 3 is 2.52 bits per heavy atom. The second-order valence-corrected chi connectivity index (χ2v) is 8.09. The lowest BCUT2D eigenvalue weighted by molar-refractivity contribution is 0.0596. The fourth-order valence-corrected chi connectivity index (χ4v) is 4.17. The number of benzene rings is 2. The molecule has 0 aliphatic heterocycles. The van der Waals surface area contributed by atoms with Crippen LogP contribution in [0.5, 0.6) is 0 Å². The second-order valence-electron chi connectivity index (χ2n) is 5.95. The summed E-state index contributed by atoms with van der Waals surface area (Å²) in [6, 6.07) is 17.6. The minimum Gasteiger partial charge on any atom is -0.465 e. The Labute approximate surface area is 183 Å². The van der Waals surface area contributed by atoms with E-state index in [1.807, 2.05) is 60.9 Å². The average molecular weight is 446 g/mol. The summed E-state index contributed by atoms with van der Waals surface area (Å²) in [4.78, 5) is 21.6. The van der Waals surface area contributed by atoms with Gasteiger partial charge in [0.25, 0.3) is 0 Å². The van der Waals surface area contributed by atoms with Gasteiger partial charge in [-0.05, 0) is 23.4 Å². The first-order valence-corrected chi connectivity index (χ1v) is 11.4. The number of ether oxygens (including phenoxy) is 1. The summed E-state index contributed by atoms with van der Waals surface area (Å²) >= 11 is 9.15. The topological polar surface area (TPSA) is 64.1 Å². The second kappa shape index (κ2) is 10.5. The molecule has 5 nitrogen and oxygen atoms in total. The number of hydrogen-bond acceptors (Lipinski definition) is 7. The normalized spacial score (nSPS) is 10.6. The van der Waals surface area contributed by atoms with Crippen molar-refractivity contribution >= 4 is 46.9 Å². The van der Waals surface area contributed by atoms with E-state index in [1.165, 1.54) is 30.6 Å². The maximum atomic E-state index is 12.6. The molecule has 1 N–H and O–H groups in total. The number of rotatable bonds is 8. The fourth-order valence-electron chi connectivity index (χ4n) is 2.58. The van der Waals surface area contributed by atoms with Crippen LogP contribution in [0.15, 0.2) is 64.8 Å². The summed E-state index contributed by atoms with van der Waals surface area (Å²) < 4.78 is 5.01. The molecule has 8 heteroatoms. The predicted molar refractivity (Wildman–Crippen MR) is 120 cm³/mol. The van der Waals surface area contributed by atoms with Gasteiger partial charge in [0.2, 0.25) is 0 Å². The summed E-state index contributed by atoms with van der Waals surface area (Å²) in [6.45, 7) is 0.428. The van der Waals surface area contributed by atoms with E-state index in [9.17, 15) is 4.79 Å². The van der Waals surface area contributed by atoms with E-state index in [0.717, 1.165) is 11.1 Å². The first kappa shape index (κ1) is 21.5. The van der Waals surface area contributed by atoms with Gasteiger partial charge in [-0.3, -0.25) is 0 Å². The number of carbonyl (C=O) groups is 1. The number of anilines is 1. The largest absolute Gasteiger partial charge is 0.465 e. The molecule has 0 fully saturated rings. The van der Waals surface area contributed by atoms with Crippen LogP contribution in [0.2, 0.25) is 5.02 Å². The maximum Gasteiger partial charge on any atom is 0.344 e. The molecule has 1 heterocycles. The molecule has 3 aromatic rings. The van der Waals surface area contributed by atoms with Gasteiger partial charge in [-0.25, -0.2) is 14.8 Å². The van der Waals surface area contributed by atoms with Crippen molar-refractivity contribution < 1.29 is 9.53 Å². The number of halogens is 1. The number of methoxy groups -OCH3 is 1. The van der Waals surface area contributed by atoms with Gasteiger partial charge in [-0.15, -0.1) is 11.8 Å². The van der Waals surface area contributed by atoms with Crippen LogP contribution in [0.4, 0.5) is 5.82 Å². The Bertz CT molecular complexity index is 987. The SMILES string of the molecule is COC(=O)c1c(NCc2ccccc2Cl)nc(SC)nc1SCc1ccccc1. The quantitative estimate of drug-likeness (QED) is 0.211. The third-order valence-electron chi connectivity index (χ3n) is 4.05. The summed E-state index contributed by atoms with van der Waals surface area (Å²) in [5.74, 6) is 0.640. The number of esters is 1. The molecule has 2 aromatic carbocycles. The van der Waals surface area contributed by atoms with Gasteiger partial charge >= 0.3 is 5.97 Å². The lowest BCUT2D eigenvalue weighted by Crippen LogP contribution is -2.14. The van der Waals surface area contributed by atoms with E-state index < -0.39 is 5.97 Å². The minimum absolute atomic E-state index is 0.332. The van der Waals surface area contributed by atoms with Gasteiger partial charge in [0, 0.05) is 17.3 Å². The van der Waals surface area contributed by atoms with Crippen LogP contribution < -0.4 is 5.32 Å². The highest BCUT2D eigenvalue weighted by atomic mass is 35.5. The Hall–Kier alpha value is -2.22. The Morgan fingerprint density at radius 1 is 1.10 bits per heavy atom. The summed E-state index contributed by atoms with van der Waals surface area (Å²) in [7, 11) is 1.36. The number of nitrogens with one attached hydrogen (secondary N) is 1. The zero-order valence-electron chi connectivity index (χ0n) is 16.0. The van der Waals surface area contributed by atoms with Crippen molar-refractivity contribution in [3.63, 3.8) is 0 Å². The van der Waals surface area contributed by atoms with Crippen LogP contribution >= 0.6 is 35.1 Å². The molecule has 0 radical (unpaired) electrons. The van der Waals surface area contributed by atoms with Crippen LogP contribution in [-0.4, -0.2) is 29.3 Å². The molecule has 0 saturated carbocycles. The number of thioether (sulfide) groups is 2. The van der Waals surface area contributed by atoms with Crippen LogP contribution in [0.1, 0.15) is 21.5 Å². The molecule has 0 bridgehead atoms. The van der Waals surface area contributed by atoms with Gasteiger partial charge < -0.3 is 10.1 Å². The van der Waals surface area contributed by atoms with Crippen LogP contribution in [0.25, 0.3) is 0 Å². The maximum absolute atomic E-state index is 12.6. The van der Waals surface area contributed by atoms with Crippen LogP contribution in [0, 0.1) is 0 Å². The highest BCUT2D eigenvalue weighted by molar-refractivity contribution is 7.99. The van der Waals surface area contributed by atoms with Crippen molar-refractivity contribution in [2.45, 2.75) is 22.5 Å². The minimum atomic E-state index is -0.477. The zero-order valence-corrected chi connectivity index (χ0v) is 18.4. The highest BCUT2D eigenvalue weighted by Gasteiger charge is 2.22. The van der Waals surface area contributed by atoms with Crippen molar-refractivity contribution in [2.24, 2.45) is 0 Å². The fraction of sp³-hybridized carbons (Fsp3) is 0.190. The van der Waals surface area contributed by atoms with Gasteiger partial charge in [0.1, 0.15) is 16.4 Å². The molecule has 0 amide bonds. The zero-order chi connectivity index (χ0) is 20.6. The first-order valence-electron chi connectivity index (χ1n) is 8.80. The van der Waals surface area contributed by atoms with Gasteiger partial charge in [-0.2, -0.15) is 0 Å². The van der Waals surface area contributed by atoms with Crippen molar-refractivity contribution in [3.8, 4) is 0 Å². The van der Waals surface area contributed by atoms with E-state index in [-0.39, 0.29) is 0 Å². The van der Waals surface area contributed by atoms with Crippen molar-refractivity contribution in [2.75, 3.05) is 18.7 Å². The van der Waals surface area contributed by atoms with Crippen molar-refractivity contribution in [1.29, 1.82) is 0 Å². The molecule has 0 atom stereocenters. The molecule has 0 aliphatic rings. The molecule has 150 valence electrons. The molecular weight excluding hydrogens is 426 g/mol. The third kappa shape index (κ3) is 5.65. The molecule has 29 heavy (non-hydrogen) atoms. The molecule has 1 aromatic heterocycles. The number of carbonyl (C=O) groups excluding carboxylic acids is 1. The Morgan fingerprint density at radius 2 is 1.83 bits per heavy atom. The lowest BCUT2D eigenvalue weighted by atomic mass is 10.2. The number of hydrogen-bond donors (Lipinski definition) is 1. The van der Waals surface area contributed by atoms with E-state index >= 15 is 0 Å². The van der Waals surface area contributed by atoms with Crippen LogP contribution in [-0.2, 0) is 17.0 Å². The molecular formula is C21H20ClN3O2S2. The third-order valence-corrected chi connectivity index (χ3v) is 6.01. The summed E-state index contributed by atoms with van der Waals surface area (Å²) in [6.07, 6.45) is 1.90. The molecule has 3 rings (SSSR count). The van der Waals surface area contributed by atoms with Gasteiger partial charge in [0.05, 0.1) is 7.11 Å². The molecule has 0 unspecified atom stereocenters. The van der Waals surface area contributed by atoms with E-state index in [0.29, 0.717) is 38.9 Å². The highest BCUT2D eigenvalue weighted by Crippen LogP contribution is 2.31. The van der Waals surface area contributed by atoms with E-state index in [2.05, 4.69) is 15.3 Å². The number of nitrogens with zero attached hydrogens (tertiary/aromatic N) is 2. The summed E-state index contributed by atoms with van der Waals surface area (Å²) in [5.41, 5.74) is 2.38. The molecule has 0 aliphatic carbocycles. The Kier molecular flexibility index (Phi) is 7.80. The predicted octanol–water partition coefficient (Wildman–Crippen LogP) is 5.54. The standard InChI is InChI=1S/C21H20ClN3O2S2/c1-27-20(26)17-18(23-12-15-10-6-7-11-16(15)22)24-21(28-2)25-19(17)29-13-14-8-4-3-5-9-14/h3-11H,12-13H2,1-2H3,(H,23,24,25). The lowest BCUT2D eigenvalue weighted by Gasteiger charge is -2.15. The monoisotopic (exact) mass is 445 g/mol. The van der Waals surface area contributed by atoms with Gasteiger partial charge in [-0.1, -0.05) is 71.9 Å². The van der Waals surface area contributed by atoms with Crippen molar-refractivity contribution in [1.82, 2.24) is 9.97 Å². The van der Waals surface area contributed by atoms with E-state index in [1.54, 1.807) is 0 Å². The molecule has 0 saturated heterocycles.